The first-order chi connectivity index (χ1) is 26.1. The predicted molar refractivity (Wildman–Crippen MR) is 236 cm³/mol. The lowest BCUT2D eigenvalue weighted by molar-refractivity contribution is 0.436. The fourth-order valence-electron chi connectivity index (χ4n) is 10.9. The maximum absolute atomic E-state index is 2.89. The van der Waals surface area contributed by atoms with Gasteiger partial charge in [0, 0.05) is 43.1 Å². The Balaban J connectivity index is 1.28. The molecular formula is C50H45BN2S. The first-order valence-electron chi connectivity index (χ1n) is 20.3. The van der Waals surface area contributed by atoms with Crippen molar-refractivity contribution in [3.8, 4) is 27.9 Å². The van der Waals surface area contributed by atoms with E-state index in [1.807, 2.05) is 0 Å². The highest BCUT2D eigenvalue weighted by atomic mass is 32.1. The van der Waals surface area contributed by atoms with E-state index in [1.54, 1.807) is 0 Å². The summed E-state index contributed by atoms with van der Waals surface area (Å²) in [5.41, 5.74) is 18.3. The number of hydrogen-bond acceptors (Lipinski definition) is 2. The Morgan fingerprint density at radius 3 is 2.02 bits per heavy atom. The molecular weight excluding hydrogens is 671 g/mol. The number of hydrogen-bond donors (Lipinski definition) is 0. The van der Waals surface area contributed by atoms with Crippen LogP contribution in [0.15, 0.2) is 97.1 Å². The molecule has 8 aromatic rings. The van der Waals surface area contributed by atoms with Crippen LogP contribution in [0, 0.1) is 0 Å². The molecule has 0 amide bonds. The Kier molecular flexibility index (Phi) is 6.13. The van der Waals surface area contributed by atoms with E-state index in [4.69, 9.17) is 0 Å². The van der Waals surface area contributed by atoms with Gasteiger partial charge in [-0.05, 0) is 109 Å². The maximum atomic E-state index is 2.89. The lowest BCUT2D eigenvalue weighted by Gasteiger charge is -2.44. The van der Waals surface area contributed by atoms with Gasteiger partial charge >= 0.3 is 0 Å². The molecule has 2 aromatic heterocycles. The van der Waals surface area contributed by atoms with Gasteiger partial charge in [-0.2, -0.15) is 0 Å². The van der Waals surface area contributed by atoms with Crippen molar-refractivity contribution in [3.05, 3.63) is 108 Å². The minimum absolute atomic E-state index is 0.00889. The van der Waals surface area contributed by atoms with Gasteiger partial charge in [-0.25, -0.2) is 0 Å². The van der Waals surface area contributed by atoms with Gasteiger partial charge < -0.3 is 9.47 Å². The van der Waals surface area contributed by atoms with Crippen LogP contribution in [0.1, 0.15) is 84.8 Å². The summed E-state index contributed by atoms with van der Waals surface area (Å²) in [5.74, 6) is 0. The molecule has 0 bridgehead atoms. The van der Waals surface area contributed by atoms with Crippen molar-refractivity contribution >= 4 is 87.8 Å². The largest absolute Gasteiger partial charge is 0.338 e. The minimum Gasteiger partial charge on any atom is -0.338 e. The summed E-state index contributed by atoms with van der Waals surface area (Å²) in [4.78, 5) is 2.89. The zero-order valence-corrected chi connectivity index (χ0v) is 33.0. The number of nitrogens with zero attached hydrogens (tertiary/aromatic N) is 2. The van der Waals surface area contributed by atoms with Crippen LogP contribution in [0.2, 0.25) is 0 Å². The maximum Gasteiger partial charge on any atom is 0.264 e. The van der Waals surface area contributed by atoms with Crippen LogP contribution in [0.4, 0.5) is 11.4 Å². The van der Waals surface area contributed by atoms with Crippen molar-refractivity contribution in [3.63, 3.8) is 0 Å². The first-order valence-corrected chi connectivity index (χ1v) is 21.1. The topological polar surface area (TPSA) is 8.17 Å². The molecule has 12 rings (SSSR count). The first kappa shape index (κ1) is 31.5. The third-order valence-corrected chi connectivity index (χ3v) is 14.8. The molecule has 0 saturated heterocycles. The van der Waals surface area contributed by atoms with Crippen LogP contribution in [0.3, 0.4) is 0 Å². The van der Waals surface area contributed by atoms with Gasteiger partial charge in [0.05, 0.1) is 16.7 Å². The molecule has 4 heterocycles. The van der Waals surface area contributed by atoms with Gasteiger partial charge in [-0.3, -0.25) is 0 Å². The van der Waals surface area contributed by atoms with E-state index >= 15 is 0 Å². The molecule has 4 aliphatic rings. The minimum atomic E-state index is -0.00889. The molecule has 1 saturated carbocycles. The number of rotatable bonds is 1. The summed E-state index contributed by atoms with van der Waals surface area (Å²) in [6.07, 6.45) is 6.46. The van der Waals surface area contributed by atoms with E-state index in [-0.39, 0.29) is 17.5 Å². The van der Waals surface area contributed by atoms with Gasteiger partial charge in [0.25, 0.3) is 6.71 Å². The number of benzene rings is 6. The SMILES string of the molecule is CC(C)(C)c1cc2c3c(c1)-n1c4cccc5c4c4c(ccc(c41)B3c1sc3ccc(C(C)(C)C)cc3c1N2C1CCCCC1)-c1cccc2cccc-5c12. The average Bonchev–Trinajstić information content (AvgIpc) is 3.68. The second kappa shape index (κ2) is 10.5. The third-order valence-electron chi connectivity index (χ3n) is 13.6. The van der Waals surface area contributed by atoms with E-state index in [0.717, 1.165) is 0 Å². The molecule has 54 heavy (non-hydrogen) atoms. The van der Waals surface area contributed by atoms with E-state index in [2.05, 4.69) is 159 Å². The summed E-state index contributed by atoms with van der Waals surface area (Å²) < 4.78 is 5.66. The fourth-order valence-corrected chi connectivity index (χ4v) is 12.3. The Labute approximate surface area is 322 Å². The molecule has 264 valence electrons. The van der Waals surface area contributed by atoms with Crippen molar-refractivity contribution in [2.24, 2.45) is 0 Å². The highest BCUT2D eigenvalue weighted by Gasteiger charge is 2.46. The van der Waals surface area contributed by atoms with E-state index in [9.17, 15) is 0 Å². The van der Waals surface area contributed by atoms with Gasteiger partial charge in [-0.1, -0.05) is 128 Å². The lowest BCUT2D eigenvalue weighted by atomic mass is 9.36. The summed E-state index contributed by atoms with van der Waals surface area (Å²) in [6, 6.07) is 39.0. The second-order valence-electron chi connectivity index (χ2n) is 18.7. The van der Waals surface area contributed by atoms with Crippen LogP contribution in [-0.4, -0.2) is 17.3 Å². The molecule has 2 aliphatic carbocycles. The Morgan fingerprint density at radius 1 is 0.630 bits per heavy atom. The number of aromatic nitrogens is 1. The third kappa shape index (κ3) is 3.98. The zero-order chi connectivity index (χ0) is 36.4. The predicted octanol–water partition coefficient (Wildman–Crippen LogP) is 12.0. The van der Waals surface area contributed by atoms with Crippen molar-refractivity contribution < 1.29 is 0 Å². The Hall–Kier alpha value is -4.80. The summed E-state index contributed by atoms with van der Waals surface area (Å²) in [7, 11) is 0. The Bertz CT molecular complexity index is 2950. The average molecular weight is 717 g/mol. The summed E-state index contributed by atoms with van der Waals surface area (Å²) in [5, 5.41) is 6.96. The molecule has 2 aliphatic heterocycles. The molecule has 0 spiro atoms. The monoisotopic (exact) mass is 716 g/mol. The van der Waals surface area contributed by atoms with E-state index in [1.165, 1.54) is 141 Å². The van der Waals surface area contributed by atoms with Crippen LogP contribution in [0.25, 0.3) is 70.6 Å². The highest BCUT2D eigenvalue weighted by Crippen LogP contribution is 2.52. The van der Waals surface area contributed by atoms with Crippen LogP contribution < -0.4 is 20.6 Å². The molecule has 6 aromatic carbocycles. The van der Waals surface area contributed by atoms with Gasteiger partial charge in [-0.15, -0.1) is 11.3 Å². The number of fused-ring (bicyclic) bond motifs is 9. The molecule has 0 radical (unpaired) electrons. The van der Waals surface area contributed by atoms with Crippen molar-refractivity contribution in [2.75, 3.05) is 4.90 Å². The van der Waals surface area contributed by atoms with Crippen molar-refractivity contribution in [1.29, 1.82) is 0 Å². The standard InChI is InChI=1S/C50H45BN2S/c1-49(2,3)29-21-24-41-36(25-29)46-48(54-41)51-37-23-22-35-33-18-11-14-28-13-10-17-32(42(28)33)34-19-12-20-38-43(34)44(35)47(37)53(38)40-27-30(50(4,5)6)26-39(45(40)51)52(46)31-15-8-7-9-16-31/h10-14,17-27,31H,7-9,15-16H2,1-6H3. The Morgan fingerprint density at radius 2 is 1.30 bits per heavy atom. The molecule has 4 heteroatoms. The van der Waals surface area contributed by atoms with Gasteiger partial charge in [0.1, 0.15) is 0 Å². The molecule has 0 atom stereocenters. The highest BCUT2D eigenvalue weighted by molar-refractivity contribution is 7.33. The molecule has 0 unspecified atom stereocenters. The number of thiophene rings is 1. The lowest BCUT2D eigenvalue weighted by Crippen LogP contribution is -2.61. The second-order valence-corrected chi connectivity index (χ2v) is 19.8. The van der Waals surface area contributed by atoms with Crippen molar-refractivity contribution in [2.45, 2.75) is 90.5 Å². The van der Waals surface area contributed by atoms with Crippen LogP contribution >= 0.6 is 11.3 Å². The quantitative estimate of drug-likeness (QED) is 0.154. The fraction of sp³-hybridized carbons (Fsp3) is 0.280. The van der Waals surface area contributed by atoms with Crippen LogP contribution in [0.5, 0.6) is 0 Å². The van der Waals surface area contributed by atoms with E-state index < -0.39 is 0 Å². The molecule has 0 N–H and O–H groups in total. The normalized spacial score (nSPS) is 16.2. The molecule has 2 nitrogen and oxygen atoms in total. The molecule has 1 fully saturated rings. The smallest absolute Gasteiger partial charge is 0.264 e. The van der Waals surface area contributed by atoms with Crippen molar-refractivity contribution in [1.82, 2.24) is 4.57 Å². The summed E-state index contributed by atoms with van der Waals surface area (Å²) in [6.45, 7) is 14.5. The van der Waals surface area contributed by atoms with Gasteiger partial charge in [0.15, 0.2) is 0 Å². The summed E-state index contributed by atoms with van der Waals surface area (Å²) >= 11 is 2.06. The zero-order valence-electron chi connectivity index (χ0n) is 32.2. The van der Waals surface area contributed by atoms with Gasteiger partial charge in [0.2, 0.25) is 0 Å². The van der Waals surface area contributed by atoms with E-state index in [0.29, 0.717) is 6.04 Å². The number of anilines is 2. The van der Waals surface area contributed by atoms with Crippen LogP contribution in [-0.2, 0) is 10.8 Å².